The summed E-state index contributed by atoms with van der Waals surface area (Å²) < 4.78 is 65.3. The smallest absolute Gasteiger partial charge is 0.416 e. The average Bonchev–Trinajstić information content (AvgIpc) is 2.57. The van der Waals surface area contributed by atoms with Crippen molar-refractivity contribution in [1.29, 1.82) is 0 Å². The zero-order chi connectivity index (χ0) is 20.2. The van der Waals surface area contributed by atoms with Gasteiger partial charge in [0.25, 0.3) is 0 Å². The first kappa shape index (κ1) is 20.3. The van der Waals surface area contributed by atoms with E-state index in [1.807, 2.05) is 0 Å². The number of amides is 1. The molecule has 144 valence electrons. The molecule has 2 aromatic rings. The topological polar surface area (TPSA) is 66.4 Å². The lowest BCUT2D eigenvalue weighted by Crippen LogP contribution is -2.43. The molecule has 2 N–H and O–H groups in total. The first-order valence-electron chi connectivity index (χ1n) is 7.69. The Labute approximate surface area is 150 Å². The quantitative estimate of drug-likeness (QED) is 0.748. The fourth-order valence-electron chi connectivity index (χ4n) is 2.42. The van der Waals surface area contributed by atoms with Crippen LogP contribution in [-0.4, -0.2) is 23.0 Å². The molecule has 0 saturated carbocycles. The van der Waals surface area contributed by atoms with E-state index in [9.17, 15) is 36.6 Å². The monoisotopic (exact) mass is 387 g/mol. The molecular formula is C18H14F5NO3. The summed E-state index contributed by atoms with van der Waals surface area (Å²) in [6.07, 6.45) is -5.77. The molecule has 4 nitrogen and oxygen atoms in total. The van der Waals surface area contributed by atoms with Gasteiger partial charge < -0.3 is 10.4 Å². The second-order valence-corrected chi connectivity index (χ2v) is 5.74. The van der Waals surface area contributed by atoms with Crippen LogP contribution in [0.3, 0.4) is 0 Å². The molecule has 9 heteroatoms. The maximum absolute atomic E-state index is 13.6. The minimum absolute atomic E-state index is 0.0367. The summed E-state index contributed by atoms with van der Waals surface area (Å²) in [5.74, 6) is -4.39. The normalized spacial score (nSPS) is 12.5. The van der Waals surface area contributed by atoms with Crippen molar-refractivity contribution in [2.45, 2.75) is 25.1 Å². The van der Waals surface area contributed by atoms with Crippen LogP contribution in [0.2, 0.25) is 0 Å². The summed E-state index contributed by atoms with van der Waals surface area (Å²) in [7, 11) is 0. The second kappa shape index (κ2) is 8.15. The van der Waals surface area contributed by atoms with E-state index in [0.717, 1.165) is 36.4 Å². The highest BCUT2D eigenvalue weighted by Crippen LogP contribution is 2.29. The fourth-order valence-corrected chi connectivity index (χ4v) is 2.42. The first-order chi connectivity index (χ1) is 12.6. The third kappa shape index (κ3) is 5.50. The number of hydrogen-bond acceptors (Lipinski definition) is 2. The van der Waals surface area contributed by atoms with Gasteiger partial charge in [-0.3, -0.25) is 4.79 Å². The van der Waals surface area contributed by atoms with Crippen LogP contribution in [0.15, 0.2) is 42.5 Å². The van der Waals surface area contributed by atoms with Gasteiger partial charge in [0.2, 0.25) is 5.91 Å². The van der Waals surface area contributed by atoms with E-state index in [2.05, 4.69) is 5.32 Å². The van der Waals surface area contributed by atoms with E-state index < -0.39 is 59.7 Å². The van der Waals surface area contributed by atoms with Gasteiger partial charge in [-0.1, -0.05) is 24.3 Å². The molecule has 27 heavy (non-hydrogen) atoms. The summed E-state index contributed by atoms with van der Waals surface area (Å²) in [5.41, 5.74) is -1.45. The van der Waals surface area contributed by atoms with Gasteiger partial charge in [0.15, 0.2) is 0 Å². The number of halogens is 5. The fraction of sp³-hybridized carbons (Fsp3) is 0.222. The third-order valence-electron chi connectivity index (χ3n) is 3.73. The number of benzene rings is 2. The Kier molecular flexibility index (Phi) is 6.14. The van der Waals surface area contributed by atoms with Gasteiger partial charge in [0, 0.05) is 12.0 Å². The minimum atomic E-state index is -4.60. The van der Waals surface area contributed by atoms with Crippen LogP contribution >= 0.6 is 0 Å². The van der Waals surface area contributed by atoms with Crippen molar-refractivity contribution in [2.75, 3.05) is 0 Å². The lowest BCUT2D eigenvalue weighted by Gasteiger charge is -2.16. The number of carbonyl (C=O) groups excluding carboxylic acids is 1. The SMILES string of the molecule is O=C(Cc1c(F)cccc1F)N[C@H](Cc1cccc(C(F)(F)F)c1)C(=O)O. The summed E-state index contributed by atoms with van der Waals surface area (Å²) in [5, 5.41) is 11.3. The molecular weight excluding hydrogens is 373 g/mol. The van der Waals surface area contributed by atoms with Crippen molar-refractivity contribution >= 4 is 11.9 Å². The third-order valence-corrected chi connectivity index (χ3v) is 3.73. The summed E-state index contributed by atoms with van der Waals surface area (Å²) in [4.78, 5) is 23.3. The van der Waals surface area contributed by atoms with Crippen molar-refractivity contribution in [3.05, 3.63) is 70.8 Å². The predicted molar refractivity (Wildman–Crippen MR) is 84.8 cm³/mol. The highest BCUT2D eigenvalue weighted by atomic mass is 19.4. The Bertz CT molecular complexity index is 831. The van der Waals surface area contributed by atoms with Crippen LogP contribution in [0.1, 0.15) is 16.7 Å². The number of rotatable bonds is 6. The lowest BCUT2D eigenvalue weighted by atomic mass is 10.0. The van der Waals surface area contributed by atoms with Crippen LogP contribution in [0, 0.1) is 11.6 Å². The maximum Gasteiger partial charge on any atom is 0.416 e. The number of carbonyl (C=O) groups is 2. The molecule has 0 aromatic heterocycles. The van der Waals surface area contributed by atoms with Crippen molar-refractivity contribution < 1.29 is 36.6 Å². The van der Waals surface area contributed by atoms with Gasteiger partial charge in [0.1, 0.15) is 17.7 Å². The molecule has 0 heterocycles. The summed E-state index contributed by atoms with van der Waals surface area (Å²) in [6, 6.07) is 5.46. The largest absolute Gasteiger partial charge is 0.480 e. The number of carboxylic acids is 1. The molecule has 0 aliphatic rings. The Morgan fingerprint density at radius 1 is 1.04 bits per heavy atom. The highest BCUT2D eigenvalue weighted by Gasteiger charge is 2.31. The van der Waals surface area contributed by atoms with Crippen molar-refractivity contribution in [1.82, 2.24) is 5.32 Å². The van der Waals surface area contributed by atoms with Crippen LogP contribution in [-0.2, 0) is 28.6 Å². The van der Waals surface area contributed by atoms with E-state index in [1.54, 1.807) is 0 Å². The summed E-state index contributed by atoms with van der Waals surface area (Å²) >= 11 is 0. The molecule has 0 radical (unpaired) electrons. The van der Waals surface area contributed by atoms with Gasteiger partial charge >= 0.3 is 12.1 Å². The minimum Gasteiger partial charge on any atom is -0.480 e. The Hall–Kier alpha value is -2.97. The van der Waals surface area contributed by atoms with E-state index in [-0.39, 0.29) is 5.56 Å². The highest BCUT2D eigenvalue weighted by molar-refractivity contribution is 5.85. The molecule has 2 aromatic carbocycles. The zero-order valence-corrected chi connectivity index (χ0v) is 13.7. The molecule has 1 atom stereocenters. The Balaban J connectivity index is 2.12. The van der Waals surface area contributed by atoms with Crippen molar-refractivity contribution in [2.24, 2.45) is 0 Å². The second-order valence-electron chi connectivity index (χ2n) is 5.74. The van der Waals surface area contributed by atoms with Gasteiger partial charge in [0.05, 0.1) is 12.0 Å². The summed E-state index contributed by atoms with van der Waals surface area (Å²) in [6.45, 7) is 0. The number of aliphatic carboxylic acids is 1. The van der Waals surface area contributed by atoms with E-state index in [4.69, 9.17) is 0 Å². The number of nitrogens with one attached hydrogen (secondary N) is 1. The van der Waals surface area contributed by atoms with Gasteiger partial charge in [-0.25, -0.2) is 13.6 Å². The first-order valence-corrected chi connectivity index (χ1v) is 7.69. The van der Waals surface area contributed by atoms with Crippen LogP contribution < -0.4 is 5.32 Å². The Morgan fingerprint density at radius 2 is 1.63 bits per heavy atom. The van der Waals surface area contributed by atoms with Crippen LogP contribution in [0.4, 0.5) is 22.0 Å². The molecule has 0 aliphatic carbocycles. The molecule has 2 rings (SSSR count). The Morgan fingerprint density at radius 3 is 2.19 bits per heavy atom. The standard InChI is InChI=1S/C18H14F5NO3/c19-13-5-2-6-14(20)12(13)9-16(25)24-15(17(26)27)8-10-3-1-4-11(7-10)18(21,22)23/h1-7,15H,8-9H2,(H,24,25)(H,26,27)/t15-/m1/s1. The molecule has 1 amide bonds. The molecule has 0 fully saturated rings. The zero-order valence-electron chi connectivity index (χ0n) is 13.7. The predicted octanol–water partition coefficient (Wildman–Crippen LogP) is 3.34. The van der Waals surface area contributed by atoms with Crippen LogP contribution in [0.25, 0.3) is 0 Å². The number of hydrogen-bond donors (Lipinski definition) is 2. The van der Waals surface area contributed by atoms with Crippen molar-refractivity contribution in [3.8, 4) is 0 Å². The van der Waals surface area contributed by atoms with Crippen LogP contribution in [0.5, 0.6) is 0 Å². The number of carboxylic acid groups (broad SMARTS) is 1. The van der Waals surface area contributed by atoms with Crippen molar-refractivity contribution in [3.63, 3.8) is 0 Å². The van der Waals surface area contributed by atoms with Gasteiger partial charge in [-0.15, -0.1) is 0 Å². The maximum atomic E-state index is 13.6. The molecule has 0 aliphatic heterocycles. The lowest BCUT2D eigenvalue weighted by molar-refractivity contribution is -0.141. The van der Waals surface area contributed by atoms with Gasteiger partial charge in [-0.2, -0.15) is 13.2 Å². The molecule has 0 spiro atoms. The van der Waals surface area contributed by atoms with E-state index in [0.29, 0.717) is 0 Å². The average molecular weight is 387 g/mol. The number of alkyl halides is 3. The van der Waals surface area contributed by atoms with E-state index >= 15 is 0 Å². The molecule has 0 saturated heterocycles. The van der Waals surface area contributed by atoms with E-state index in [1.165, 1.54) is 6.07 Å². The molecule has 0 bridgehead atoms. The van der Waals surface area contributed by atoms with Gasteiger partial charge in [-0.05, 0) is 23.8 Å². The molecule has 0 unspecified atom stereocenters.